The van der Waals surface area contributed by atoms with E-state index in [1.807, 2.05) is 0 Å². The summed E-state index contributed by atoms with van der Waals surface area (Å²) in [6.07, 6.45) is 1.89. The first kappa shape index (κ1) is 10.6. The Labute approximate surface area is 66.1 Å². The molecule has 0 bridgehead atoms. The summed E-state index contributed by atoms with van der Waals surface area (Å²) in [5.74, 6) is -0.582. The van der Waals surface area contributed by atoms with Gasteiger partial charge in [-0.2, -0.15) is 0 Å². The molecular formula is C6H12O4S. The normalized spacial score (nSPS) is 14.4. The maximum Gasteiger partial charge on any atom is 0.147 e. The van der Waals surface area contributed by atoms with E-state index in [9.17, 15) is 13.2 Å². The standard InChI is InChI=1S/C6H12O4S/c1-11(9,10)3-2-6(4-7)5-8/h4,6,8H,2-3,5H2,1H3. The van der Waals surface area contributed by atoms with Crippen LogP contribution in [-0.2, 0) is 14.6 Å². The topological polar surface area (TPSA) is 71.4 Å². The molecule has 0 aliphatic rings. The van der Waals surface area contributed by atoms with Crippen molar-refractivity contribution in [2.24, 2.45) is 5.92 Å². The van der Waals surface area contributed by atoms with E-state index >= 15 is 0 Å². The molecule has 0 aromatic carbocycles. The molecule has 0 fully saturated rings. The predicted octanol–water partition coefficient (Wildman–Crippen LogP) is -0.771. The molecule has 1 unspecified atom stereocenters. The summed E-state index contributed by atoms with van der Waals surface area (Å²) >= 11 is 0. The van der Waals surface area contributed by atoms with E-state index in [-0.39, 0.29) is 18.8 Å². The van der Waals surface area contributed by atoms with Gasteiger partial charge in [0.1, 0.15) is 16.1 Å². The second-order valence-electron chi connectivity index (χ2n) is 2.50. The Balaban J connectivity index is 3.78. The number of sulfone groups is 1. The fourth-order valence-corrected chi connectivity index (χ4v) is 1.30. The van der Waals surface area contributed by atoms with Crippen LogP contribution in [0.2, 0.25) is 0 Å². The first-order valence-electron chi connectivity index (χ1n) is 3.23. The molecular weight excluding hydrogens is 168 g/mol. The smallest absolute Gasteiger partial charge is 0.147 e. The lowest BCUT2D eigenvalue weighted by atomic mass is 10.1. The second kappa shape index (κ2) is 4.46. The Kier molecular flexibility index (Phi) is 4.29. The van der Waals surface area contributed by atoms with Crippen molar-refractivity contribution in [3.8, 4) is 0 Å². The SMILES string of the molecule is CS(=O)(=O)CCC(C=O)CO. The summed E-state index contributed by atoms with van der Waals surface area (Å²) in [7, 11) is -3.01. The third kappa shape index (κ3) is 6.00. The van der Waals surface area contributed by atoms with Crippen molar-refractivity contribution in [1.82, 2.24) is 0 Å². The van der Waals surface area contributed by atoms with E-state index in [0.717, 1.165) is 6.26 Å². The van der Waals surface area contributed by atoms with Gasteiger partial charge < -0.3 is 9.90 Å². The van der Waals surface area contributed by atoms with Crippen molar-refractivity contribution < 1.29 is 18.3 Å². The molecule has 5 heteroatoms. The highest BCUT2D eigenvalue weighted by Crippen LogP contribution is 2.00. The molecule has 0 amide bonds. The number of hydrogen-bond donors (Lipinski definition) is 1. The van der Waals surface area contributed by atoms with Gasteiger partial charge in [-0.3, -0.25) is 0 Å². The number of carbonyl (C=O) groups excluding carboxylic acids is 1. The first-order chi connectivity index (χ1) is 4.99. The van der Waals surface area contributed by atoms with Crippen LogP contribution in [0.4, 0.5) is 0 Å². The van der Waals surface area contributed by atoms with Crippen LogP contribution in [0.25, 0.3) is 0 Å². The van der Waals surface area contributed by atoms with Gasteiger partial charge in [0, 0.05) is 12.2 Å². The second-order valence-corrected chi connectivity index (χ2v) is 4.76. The highest BCUT2D eigenvalue weighted by molar-refractivity contribution is 7.90. The van der Waals surface area contributed by atoms with Crippen molar-refractivity contribution in [3.63, 3.8) is 0 Å². The Hall–Kier alpha value is -0.420. The van der Waals surface area contributed by atoms with Crippen LogP contribution < -0.4 is 0 Å². The Morgan fingerprint density at radius 1 is 1.55 bits per heavy atom. The quantitative estimate of drug-likeness (QED) is 0.564. The highest BCUT2D eigenvalue weighted by Gasteiger charge is 2.09. The minimum Gasteiger partial charge on any atom is -0.396 e. The molecule has 0 aromatic rings. The number of aliphatic hydroxyl groups is 1. The van der Waals surface area contributed by atoms with Crippen LogP contribution in [0.15, 0.2) is 0 Å². The summed E-state index contributed by atoms with van der Waals surface area (Å²) in [5.41, 5.74) is 0. The average molecular weight is 180 g/mol. The third-order valence-electron chi connectivity index (χ3n) is 1.29. The Bertz CT molecular complexity index is 207. The number of hydrogen-bond acceptors (Lipinski definition) is 4. The zero-order valence-electron chi connectivity index (χ0n) is 6.36. The van der Waals surface area contributed by atoms with Crippen LogP contribution in [0.3, 0.4) is 0 Å². The van der Waals surface area contributed by atoms with Gasteiger partial charge in [0.2, 0.25) is 0 Å². The predicted molar refractivity (Wildman–Crippen MR) is 41.0 cm³/mol. The van der Waals surface area contributed by atoms with Crippen molar-refractivity contribution in [1.29, 1.82) is 0 Å². The Morgan fingerprint density at radius 3 is 2.36 bits per heavy atom. The zero-order valence-corrected chi connectivity index (χ0v) is 7.17. The number of rotatable bonds is 5. The first-order valence-corrected chi connectivity index (χ1v) is 5.29. The van der Waals surface area contributed by atoms with Gasteiger partial charge in [-0.25, -0.2) is 8.42 Å². The van der Waals surface area contributed by atoms with Gasteiger partial charge in [0.25, 0.3) is 0 Å². The molecule has 0 heterocycles. The van der Waals surface area contributed by atoms with Gasteiger partial charge in [-0.1, -0.05) is 0 Å². The van der Waals surface area contributed by atoms with E-state index in [2.05, 4.69) is 0 Å². The van der Waals surface area contributed by atoms with E-state index in [1.165, 1.54) is 0 Å². The van der Waals surface area contributed by atoms with Gasteiger partial charge >= 0.3 is 0 Å². The monoisotopic (exact) mass is 180 g/mol. The molecule has 1 atom stereocenters. The summed E-state index contributed by atoms with van der Waals surface area (Å²) in [6, 6.07) is 0. The van der Waals surface area contributed by atoms with Crippen LogP contribution in [0.5, 0.6) is 0 Å². The summed E-state index contributed by atoms with van der Waals surface area (Å²) < 4.78 is 21.1. The molecule has 66 valence electrons. The van der Waals surface area contributed by atoms with Crippen molar-refractivity contribution in [2.75, 3.05) is 18.6 Å². The Morgan fingerprint density at radius 2 is 2.09 bits per heavy atom. The van der Waals surface area contributed by atoms with Crippen LogP contribution >= 0.6 is 0 Å². The molecule has 0 spiro atoms. The summed E-state index contributed by atoms with van der Waals surface area (Å²) in [4.78, 5) is 10.1. The van der Waals surface area contributed by atoms with E-state index in [4.69, 9.17) is 5.11 Å². The molecule has 11 heavy (non-hydrogen) atoms. The third-order valence-corrected chi connectivity index (χ3v) is 2.26. The molecule has 1 N–H and O–H groups in total. The molecule has 4 nitrogen and oxygen atoms in total. The van der Waals surface area contributed by atoms with Gasteiger partial charge in [-0.15, -0.1) is 0 Å². The van der Waals surface area contributed by atoms with E-state index < -0.39 is 15.8 Å². The van der Waals surface area contributed by atoms with Gasteiger partial charge in [0.05, 0.1) is 12.4 Å². The molecule has 0 saturated carbocycles. The van der Waals surface area contributed by atoms with Crippen molar-refractivity contribution >= 4 is 16.1 Å². The fourth-order valence-electron chi connectivity index (χ4n) is 0.568. The number of carbonyl (C=O) groups is 1. The minimum absolute atomic E-state index is 0.0447. The van der Waals surface area contributed by atoms with Gasteiger partial charge in [0.15, 0.2) is 0 Å². The van der Waals surface area contributed by atoms with E-state index in [0.29, 0.717) is 6.29 Å². The molecule has 0 aliphatic carbocycles. The zero-order chi connectivity index (χ0) is 8.91. The lowest BCUT2D eigenvalue weighted by Crippen LogP contribution is -2.13. The lowest BCUT2D eigenvalue weighted by Gasteiger charge is -2.03. The molecule has 0 aliphatic heterocycles. The lowest BCUT2D eigenvalue weighted by molar-refractivity contribution is -0.112. The summed E-state index contributed by atoms with van der Waals surface area (Å²) in [6.45, 7) is -0.279. The maximum atomic E-state index is 10.6. The molecule has 0 rings (SSSR count). The van der Waals surface area contributed by atoms with Crippen LogP contribution in [-0.4, -0.2) is 38.4 Å². The number of aliphatic hydroxyl groups excluding tert-OH is 1. The van der Waals surface area contributed by atoms with Crippen LogP contribution in [0, 0.1) is 5.92 Å². The molecule has 0 saturated heterocycles. The van der Waals surface area contributed by atoms with Gasteiger partial charge in [-0.05, 0) is 6.42 Å². The minimum atomic E-state index is -3.01. The van der Waals surface area contributed by atoms with Crippen LogP contribution in [0.1, 0.15) is 6.42 Å². The fraction of sp³-hybridized carbons (Fsp3) is 0.833. The largest absolute Gasteiger partial charge is 0.396 e. The number of aldehydes is 1. The molecule has 0 aromatic heterocycles. The van der Waals surface area contributed by atoms with Crippen molar-refractivity contribution in [2.45, 2.75) is 6.42 Å². The maximum absolute atomic E-state index is 10.6. The molecule has 0 radical (unpaired) electrons. The summed E-state index contributed by atoms with van der Waals surface area (Å²) in [5, 5.41) is 8.50. The van der Waals surface area contributed by atoms with E-state index in [1.54, 1.807) is 0 Å². The highest BCUT2D eigenvalue weighted by atomic mass is 32.2. The average Bonchev–Trinajstić information content (AvgIpc) is 1.88. The van der Waals surface area contributed by atoms with Crippen molar-refractivity contribution in [3.05, 3.63) is 0 Å².